The maximum atomic E-state index is 11.9. The summed E-state index contributed by atoms with van der Waals surface area (Å²) in [6.07, 6.45) is 1.75. The molecule has 0 spiro atoms. The Morgan fingerprint density at radius 2 is 2.05 bits per heavy atom. The van der Waals surface area contributed by atoms with Crippen molar-refractivity contribution in [2.24, 2.45) is 5.41 Å². The van der Waals surface area contributed by atoms with E-state index in [0.717, 1.165) is 0 Å². The van der Waals surface area contributed by atoms with Crippen molar-refractivity contribution in [1.29, 1.82) is 0 Å². The summed E-state index contributed by atoms with van der Waals surface area (Å²) in [6, 6.07) is 5.03. The van der Waals surface area contributed by atoms with Gasteiger partial charge in [0.25, 0.3) is 0 Å². The second kappa shape index (κ2) is 5.97. The van der Waals surface area contributed by atoms with Crippen molar-refractivity contribution < 1.29 is 19.2 Å². The molecule has 7 heteroatoms. The average Bonchev–Trinajstić information content (AvgIpc) is 2.81. The fraction of sp³-hybridized carbons (Fsp3) is 0.333. The van der Waals surface area contributed by atoms with Crippen LogP contribution in [0.2, 0.25) is 0 Å². The molecule has 22 heavy (non-hydrogen) atoms. The Morgan fingerprint density at radius 3 is 2.59 bits per heavy atom. The van der Waals surface area contributed by atoms with E-state index < -0.39 is 5.97 Å². The van der Waals surface area contributed by atoms with Crippen molar-refractivity contribution >= 4 is 17.8 Å². The number of carboxylic acids is 1. The number of carbonyl (C=O) groups excluding carboxylic acids is 1. The minimum absolute atomic E-state index is 0.0826. The van der Waals surface area contributed by atoms with Gasteiger partial charge in [0.1, 0.15) is 5.69 Å². The molecule has 0 aliphatic rings. The lowest BCUT2D eigenvalue weighted by Crippen LogP contribution is -2.20. The van der Waals surface area contributed by atoms with E-state index in [2.05, 4.69) is 15.5 Å². The fourth-order valence-electron chi connectivity index (χ4n) is 1.90. The molecule has 0 bridgehead atoms. The number of anilines is 1. The topological polar surface area (TPSA) is 105 Å². The number of rotatable bonds is 4. The minimum atomic E-state index is -1.24. The van der Waals surface area contributed by atoms with Crippen LogP contribution < -0.4 is 5.32 Å². The molecular formula is C15H17N3O4. The number of aromatic nitrogens is 2. The molecule has 116 valence electrons. The van der Waals surface area contributed by atoms with Crippen LogP contribution in [-0.4, -0.2) is 27.1 Å². The number of amides is 1. The van der Waals surface area contributed by atoms with E-state index in [1.165, 1.54) is 6.20 Å². The zero-order valence-electron chi connectivity index (χ0n) is 12.6. The van der Waals surface area contributed by atoms with Crippen molar-refractivity contribution in [1.82, 2.24) is 10.1 Å². The first-order valence-electron chi connectivity index (χ1n) is 6.72. The Morgan fingerprint density at radius 1 is 1.32 bits per heavy atom. The highest BCUT2D eigenvalue weighted by Crippen LogP contribution is 2.28. The molecule has 7 nitrogen and oxygen atoms in total. The molecule has 0 fully saturated rings. The summed E-state index contributed by atoms with van der Waals surface area (Å²) in [7, 11) is 0. The molecule has 0 aliphatic heterocycles. The Labute approximate surface area is 127 Å². The number of hydrogen-bond donors (Lipinski definition) is 2. The first kappa shape index (κ1) is 15.7. The highest BCUT2D eigenvalue weighted by molar-refractivity contribution is 6.03. The van der Waals surface area contributed by atoms with Crippen molar-refractivity contribution in [2.75, 3.05) is 5.32 Å². The zero-order chi connectivity index (χ0) is 16.3. The van der Waals surface area contributed by atoms with Crippen LogP contribution in [0.1, 0.15) is 37.6 Å². The van der Waals surface area contributed by atoms with E-state index in [9.17, 15) is 14.7 Å². The summed E-state index contributed by atoms with van der Waals surface area (Å²) in [4.78, 5) is 27.5. The standard InChI is InChI=1S/C15H17N3O4/c1-15(2,3)8-10(19)17-13-11(14(20)21)12(18-22-13)9-6-4-5-7-16-9/h4-7H,8H2,1-3H3,(H,17,19)(H,20,21). The number of pyridine rings is 1. The van der Waals surface area contributed by atoms with E-state index >= 15 is 0 Å². The van der Waals surface area contributed by atoms with Crippen LogP contribution in [-0.2, 0) is 4.79 Å². The molecule has 2 aromatic rings. The molecule has 0 atom stereocenters. The van der Waals surface area contributed by atoms with Crippen LogP contribution in [0.5, 0.6) is 0 Å². The van der Waals surface area contributed by atoms with E-state index in [-0.39, 0.29) is 34.9 Å². The van der Waals surface area contributed by atoms with Crippen LogP contribution in [0.15, 0.2) is 28.9 Å². The average molecular weight is 303 g/mol. The number of nitrogens with zero attached hydrogens (tertiary/aromatic N) is 2. The molecule has 2 rings (SSSR count). The maximum Gasteiger partial charge on any atom is 0.343 e. The molecule has 2 aromatic heterocycles. The number of hydrogen-bond acceptors (Lipinski definition) is 5. The molecule has 0 saturated carbocycles. The molecule has 0 aliphatic carbocycles. The number of carbonyl (C=O) groups is 2. The smallest absolute Gasteiger partial charge is 0.343 e. The predicted molar refractivity (Wildman–Crippen MR) is 79.4 cm³/mol. The molecule has 0 aromatic carbocycles. The molecule has 0 unspecified atom stereocenters. The molecule has 0 saturated heterocycles. The van der Waals surface area contributed by atoms with Crippen LogP contribution in [0.3, 0.4) is 0 Å². The van der Waals surface area contributed by atoms with Gasteiger partial charge in [0, 0.05) is 12.6 Å². The van der Waals surface area contributed by atoms with Gasteiger partial charge >= 0.3 is 5.97 Å². The fourth-order valence-corrected chi connectivity index (χ4v) is 1.90. The summed E-state index contributed by atoms with van der Waals surface area (Å²) < 4.78 is 4.99. The number of aromatic carboxylic acids is 1. The van der Waals surface area contributed by atoms with Gasteiger partial charge in [-0.15, -0.1) is 0 Å². The van der Waals surface area contributed by atoms with Crippen molar-refractivity contribution in [2.45, 2.75) is 27.2 Å². The third-order valence-electron chi connectivity index (χ3n) is 2.76. The molecule has 0 radical (unpaired) electrons. The van der Waals surface area contributed by atoms with E-state index in [0.29, 0.717) is 5.69 Å². The highest BCUT2D eigenvalue weighted by atomic mass is 16.5. The van der Waals surface area contributed by atoms with Crippen LogP contribution in [0.4, 0.5) is 5.88 Å². The SMILES string of the molecule is CC(C)(C)CC(=O)Nc1onc(-c2ccccn2)c1C(=O)O. The van der Waals surface area contributed by atoms with E-state index in [1.54, 1.807) is 18.2 Å². The van der Waals surface area contributed by atoms with Crippen LogP contribution in [0, 0.1) is 5.41 Å². The minimum Gasteiger partial charge on any atom is -0.477 e. The zero-order valence-corrected chi connectivity index (χ0v) is 12.6. The summed E-state index contributed by atoms with van der Waals surface area (Å²) in [5, 5.41) is 15.5. The van der Waals surface area contributed by atoms with E-state index in [4.69, 9.17) is 4.52 Å². The first-order valence-corrected chi connectivity index (χ1v) is 6.72. The van der Waals surface area contributed by atoms with Gasteiger partial charge in [0.15, 0.2) is 5.56 Å². The second-order valence-electron chi connectivity index (χ2n) is 6.04. The quantitative estimate of drug-likeness (QED) is 0.899. The van der Waals surface area contributed by atoms with Gasteiger partial charge in [-0.1, -0.05) is 32.0 Å². The lowest BCUT2D eigenvalue weighted by molar-refractivity contribution is -0.117. The lowest BCUT2D eigenvalue weighted by atomic mass is 9.92. The largest absolute Gasteiger partial charge is 0.477 e. The number of nitrogens with one attached hydrogen (secondary N) is 1. The molecule has 1 amide bonds. The predicted octanol–water partition coefficient (Wildman–Crippen LogP) is 2.81. The Kier molecular flexibility index (Phi) is 4.25. The monoisotopic (exact) mass is 303 g/mol. The first-order chi connectivity index (χ1) is 10.3. The molecule has 2 heterocycles. The van der Waals surface area contributed by atoms with Gasteiger partial charge in [0.05, 0.1) is 5.69 Å². The van der Waals surface area contributed by atoms with Crippen LogP contribution >= 0.6 is 0 Å². The van der Waals surface area contributed by atoms with Gasteiger partial charge in [0.2, 0.25) is 11.8 Å². The maximum absolute atomic E-state index is 11.9. The van der Waals surface area contributed by atoms with Crippen molar-refractivity contribution in [3.8, 4) is 11.4 Å². The van der Waals surface area contributed by atoms with Gasteiger partial charge in [-0.3, -0.25) is 15.1 Å². The van der Waals surface area contributed by atoms with Crippen LogP contribution in [0.25, 0.3) is 11.4 Å². The van der Waals surface area contributed by atoms with Crippen molar-refractivity contribution in [3.63, 3.8) is 0 Å². The lowest BCUT2D eigenvalue weighted by Gasteiger charge is -2.16. The Balaban J connectivity index is 2.32. The van der Waals surface area contributed by atoms with Gasteiger partial charge in [-0.05, 0) is 17.5 Å². The Bertz CT molecular complexity index is 687. The summed E-state index contributed by atoms with van der Waals surface area (Å²) in [5.41, 5.74) is 0.0113. The van der Waals surface area contributed by atoms with Gasteiger partial charge in [-0.2, -0.15) is 0 Å². The van der Waals surface area contributed by atoms with Gasteiger partial charge in [-0.25, -0.2) is 4.79 Å². The molecule has 2 N–H and O–H groups in total. The third kappa shape index (κ3) is 3.69. The number of carboxylic acid groups (broad SMARTS) is 1. The third-order valence-corrected chi connectivity index (χ3v) is 2.76. The van der Waals surface area contributed by atoms with E-state index in [1.807, 2.05) is 20.8 Å². The summed E-state index contributed by atoms with van der Waals surface area (Å²) in [6.45, 7) is 5.72. The normalized spacial score (nSPS) is 11.2. The second-order valence-corrected chi connectivity index (χ2v) is 6.04. The van der Waals surface area contributed by atoms with Crippen molar-refractivity contribution in [3.05, 3.63) is 30.0 Å². The Hall–Kier alpha value is -2.70. The van der Waals surface area contributed by atoms with Gasteiger partial charge < -0.3 is 9.63 Å². The highest BCUT2D eigenvalue weighted by Gasteiger charge is 2.26. The molecular weight excluding hydrogens is 286 g/mol. The summed E-state index contributed by atoms with van der Waals surface area (Å²) in [5.74, 6) is -1.76. The summed E-state index contributed by atoms with van der Waals surface area (Å²) >= 11 is 0.